The summed E-state index contributed by atoms with van der Waals surface area (Å²) in [6, 6.07) is 47.6. The summed E-state index contributed by atoms with van der Waals surface area (Å²) >= 11 is 0. The van der Waals surface area contributed by atoms with E-state index in [1.54, 1.807) is 109 Å². The summed E-state index contributed by atoms with van der Waals surface area (Å²) in [7, 11) is 0. The Morgan fingerprint density at radius 1 is 0.439 bits per heavy atom. The molecule has 0 aromatic heterocycles. The summed E-state index contributed by atoms with van der Waals surface area (Å²) in [6.07, 6.45) is -12.2. The maximum absolute atomic E-state index is 14.3. The number of unbranched alkanes of at least 4 members (excludes halogenated alkanes) is 5. The highest BCUT2D eigenvalue weighted by atomic mass is 16.8. The fourth-order valence-electron chi connectivity index (χ4n) is 9.08. The van der Waals surface area contributed by atoms with Crippen molar-refractivity contribution in [3.05, 3.63) is 226 Å². The summed E-state index contributed by atoms with van der Waals surface area (Å²) in [5.41, 5.74) is 9.30. The van der Waals surface area contributed by atoms with Gasteiger partial charge in [-0.15, -0.1) is 0 Å². The number of carbonyl (C=O) groups excluding carboxylic acids is 6. The zero-order valence-electron chi connectivity index (χ0n) is 44.5. The zero-order chi connectivity index (χ0) is 57.5. The lowest BCUT2D eigenvalue weighted by atomic mass is 10.0. The molecule has 0 amide bonds. The van der Waals surface area contributed by atoms with Crippen molar-refractivity contribution < 1.29 is 81.2 Å². The van der Waals surface area contributed by atoms with Crippen LogP contribution in [0.5, 0.6) is 0 Å². The van der Waals surface area contributed by atoms with Gasteiger partial charge in [-0.2, -0.15) is 0 Å². The predicted octanol–water partition coefficient (Wildman–Crippen LogP) is 9.47. The number of carbonyl (C=O) groups is 6. The van der Waals surface area contributed by atoms with Gasteiger partial charge in [0.05, 0.1) is 33.4 Å². The number of hydrogen-bond donors (Lipinski definition) is 1. The number of aliphatic hydroxyl groups excluding tert-OH is 1. The normalized spacial score (nSPS) is 20.7. The molecule has 10 atom stereocenters. The van der Waals surface area contributed by atoms with Crippen molar-refractivity contribution in [3.63, 3.8) is 0 Å². The Labute approximate surface area is 472 Å². The Morgan fingerprint density at radius 2 is 0.780 bits per heavy atom. The lowest BCUT2D eigenvalue weighted by molar-refractivity contribution is -0.243. The Morgan fingerprint density at radius 3 is 1.21 bits per heavy atom. The van der Waals surface area contributed by atoms with Gasteiger partial charge in [-0.25, -0.2) is 28.8 Å². The van der Waals surface area contributed by atoms with Gasteiger partial charge in [0.1, 0.15) is 37.6 Å². The highest BCUT2D eigenvalue weighted by molar-refractivity contribution is 5.92. The summed E-state index contributed by atoms with van der Waals surface area (Å²) in [5, 5.41) is 15.6. The molecule has 0 aliphatic carbocycles. The quantitative estimate of drug-likeness (QED) is 0.0120. The minimum Gasteiger partial charge on any atom is -0.459 e. The second-order valence-electron chi connectivity index (χ2n) is 19.0. The van der Waals surface area contributed by atoms with Crippen LogP contribution in [0.2, 0.25) is 0 Å². The second kappa shape index (κ2) is 30.7. The molecule has 20 heteroatoms. The Kier molecular flexibility index (Phi) is 22.3. The van der Waals surface area contributed by atoms with Crippen molar-refractivity contribution in [2.45, 2.75) is 99.9 Å². The molecule has 8 rings (SSSR count). The van der Waals surface area contributed by atoms with Crippen molar-refractivity contribution in [3.8, 4) is 0 Å². The molecular formula is C62H61N3O17. The van der Waals surface area contributed by atoms with Gasteiger partial charge < -0.3 is 52.5 Å². The fourth-order valence-corrected chi connectivity index (χ4v) is 9.08. The number of esters is 6. The van der Waals surface area contributed by atoms with E-state index >= 15 is 0 Å². The average molecular weight is 1120 g/mol. The van der Waals surface area contributed by atoms with E-state index in [2.05, 4.69) is 10.0 Å². The monoisotopic (exact) mass is 1120 g/mol. The summed E-state index contributed by atoms with van der Waals surface area (Å²) in [4.78, 5) is 86.6. The number of ether oxygens (including phenoxy) is 10. The smallest absolute Gasteiger partial charge is 0.338 e. The highest BCUT2D eigenvalue weighted by Crippen LogP contribution is 2.37. The molecule has 82 heavy (non-hydrogen) atoms. The third-order valence-electron chi connectivity index (χ3n) is 13.3. The van der Waals surface area contributed by atoms with Crippen molar-refractivity contribution in [2.24, 2.45) is 5.11 Å². The molecule has 426 valence electrons. The molecule has 0 bridgehead atoms. The van der Waals surface area contributed by atoms with Crippen LogP contribution in [0.25, 0.3) is 10.4 Å². The Bertz CT molecular complexity index is 3050. The molecular weight excluding hydrogens is 1060 g/mol. The van der Waals surface area contributed by atoms with Crippen LogP contribution in [-0.4, -0.2) is 129 Å². The minimum atomic E-state index is -1.88. The van der Waals surface area contributed by atoms with Gasteiger partial charge in [-0.1, -0.05) is 140 Å². The number of rotatable bonds is 28. The molecule has 6 aromatic rings. The van der Waals surface area contributed by atoms with Crippen molar-refractivity contribution in [2.75, 3.05) is 26.4 Å². The van der Waals surface area contributed by atoms with E-state index in [1.165, 1.54) is 72.8 Å². The number of hydrogen-bond acceptors (Lipinski definition) is 18. The Hall–Kier alpha value is -8.75. The van der Waals surface area contributed by atoms with E-state index in [9.17, 15) is 33.9 Å². The molecule has 2 fully saturated rings. The van der Waals surface area contributed by atoms with Gasteiger partial charge >= 0.3 is 35.8 Å². The summed E-state index contributed by atoms with van der Waals surface area (Å²) in [5.74, 6) is -5.22. The molecule has 0 saturated carbocycles. The molecule has 1 N–H and O–H groups in total. The molecule has 0 spiro atoms. The van der Waals surface area contributed by atoms with E-state index in [1.807, 2.05) is 0 Å². The molecule has 0 unspecified atom stereocenters. The third-order valence-corrected chi connectivity index (χ3v) is 13.3. The first-order chi connectivity index (χ1) is 40.1. The molecule has 2 aliphatic heterocycles. The van der Waals surface area contributed by atoms with Crippen molar-refractivity contribution in [1.29, 1.82) is 0 Å². The number of azide groups is 1. The van der Waals surface area contributed by atoms with Gasteiger partial charge in [0.15, 0.2) is 37.0 Å². The van der Waals surface area contributed by atoms with Crippen LogP contribution < -0.4 is 0 Å². The topological polar surface area (TPSA) is 264 Å². The zero-order valence-corrected chi connectivity index (χ0v) is 44.5. The van der Waals surface area contributed by atoms with Gasteiger partial charge in [0.2, 0.25) is 0 Å². The van der Waals surface area contributed by atoms with Crippen LogP contribution in [0.1, 0.15) is 101 Å². The van der Waals surface area contributed by atoms with E-state index in [-0.39, 0.29) is 40.0 Å². The fraction of sp³-hybridized carbons (Fsp3) is 0.323. The molecule has 2 saturated heterocycles. The van der Waals surface area contributed by atoms with Gasteiger partial charge in [-0.3, -0.25) is 0 Å². The van der Waals surface area contributed by atoms with Crippen LogP contribution in [0.3, 0.4) is 0 Å². The van der Waals surface area contributed by atoms with E-state index in [0.29, 0.717) is 13.0 Å². The highest BCUT2D eigenvalue weighted by Gasteiger charge is 2.58. The van der Waals surface area contributed by atoms with E-state index < -0.39 is 110 Å². The molecule has 2 aliphatic rings. The molecule has 0 radical (unpaired) electrons. The van der Waals surface area contributed by atoms with Crippen LogP contribution in [0, 0.1) is 0 Å². The van der Waals surface area contributed by atoms with E-state index in [4.69, 9.17) is 52.9 Å². The van der Waals surface area contributed by atoms with Crippen molar-refractivity contribution >= 4 is 35.8 Å². The number of benzene rings is 6. The first-order valence-corrected chi connectivity index (χ1v) is 26.8. The van der Waals surface area contributed by atoms with Gasteiger partial charge in [0, 0.05) is 18.1 Å². The Balaban J connectivity index is 1.18. The standard InChI is InChI=1S/C62H61N3O17/c63-65-64-37-23-3-1-2-4-24-38-73-61-53(79-59(71)45-33-19-9-20-34-45)52(78-58(70)44-31-17-8-18-32-44)50(82-61)48(40-75-56(68)42-27-13-6-14-28-42)76-62-54(80-60(72)46-35-21-10-22-36-46)51(77-57(69)43-29-15-7-16-30-43)49(81-62)47(66)39-74-55(67)41-25-11-5-12-26-41/h5-22,25-36,47-54,61-62,66H,1-4,23-24,37-40H2/t47-,48-,49+,50+,51+,52+,53-,54-,61-,62-/m1/s1. The third kappa shape index (κ3) is 16.7. The van der Waals surface area contributed by atoms with Crippen LogP contribution in [0.15, 0.2) is 187 Å². The SMILES string of the molecule is [N-]=[N+]=NCCCCCCCCO[C@@H]1O[C@@H]([C@@H](COC(=O)c2ccccc2)O[C@@H]2O[C@@H]([C@H](O)COC(=O)c3ccccc3)[C@H](OC(=O)c3ccccc3)[C@H]2OC(=O)c2ccccc2)[C@H](OC(=O)c2ccccc2)[C@H]1OC(=O)c1ccccc1. The van der Waals surface area contributed by atoms with Crippen LogP contribution in [-0.2, 0) is 47.4 Å². The van der Waals surface area contributed by atoms with Crippen LogP contribution >= 0.6 is 0 Å². The first-order valence-electron chi connectivity index (χ1n) is 26.8. The molecule has 2 heterocycles. The maximum Gasteiger partial charge on any atom is 0.338 e. The lowest BCUT2D eigenvalue weighted by Gasteiger charge is -2.31. The molecule has 20 nitrogen and oxygen atoms in total. The summed E-state index contributed by atoms with van der Waals surface area (Å²) in [6.45, 7) is -0.983. The maximum atomic E-state index is 14.3. The summed E-state index contributed by atoms with van der Waals surface area (Å²) < 4.78 is 62.6. The van der Waals surface area contributed by atoms with Crippen LogP contribution in [0.4, 0.5) is 0 Å². The largest absolute Gasteiger partial charge is 0.459 e. The number of nitrogens with zero attached hydrogens (tertiary/aromatic N) is 3. The molecule has 6 aromatic carbocycles. The van der Waals surface area contributed by atoms with Crippen molar-refractivity contribution in [1.82, 2.24) is 0 Å². The van der Waals surface area contributed by atoms with Gasteiger partial charge in [0.25, 0.3) is 0 Å². The first kappa shape index (κ1) is 59.4. The predicted molar refractivity (Wildman–Crippen MR) is 292 cm³/mol. The van der Waals surface area contributed by atoms with Gasteiger partial charge in [-0.05, 0) is 91.2 Å². The lowest BCUT2D eigenvalue weighted by Crippen LogP contribution is -2.50. The van der Waals surface area contributed by atoms with E-state index in [0.717, 1.165) is 32.1 Å². The minimum absolute atomic E-state index is 0.0592. The second-order valence-corrected chi connectivity index (χ2v) is 19.0. The number of aliphatic hydroxyl groups is 1. The average Bonchev–Trinajstić information content (AvgIpc) is 4.04.